The van der Waals surface area contributed by atoms with Crippen molar-refractivity contribution in [3.8, 4) is 5.69 Å². The Morgan fingerprint density at radius 1 is 1.32 bits per heavy atom. The van der Waals surface area contributed by atoms with E-state index >= 15 is 0 Å². The van der Waals surface area contributed by atoms with E-state index in [1.54, 1.807) is 6.33 Å². The normalized spacial score (nSPS) is 18.2. The van der Waals surface area contributed by atoms with E-state index in [0.29, 0.717) is 12.6 Å². The lowest BCUT2D eigenvalue weighted by atomic mass is 10.0. The summed E-state index contributed by atoms with van der Waals surface area (Å²) in [6.07, 6.45) is 5.03. The SMILES string of the molecule is C[C@@H]1CCCCN1C(=O)NCc1nncn1-c1ccccc1. The van der Waals surface area contributed by atoms with Gasteiger partial charge in [0, 0.05) is 18.3 Å². The zero-order valence-corrected chi connectivity index (χ0v) is 12.8. The Hall–Kier alpha value is -2.37. The number of urea groups is 1. The number of para-hydroxylation sites is 1. The average Bonchev–Trinajstić information content (AvgIpc) is 3.02. The van der Waals surface area contributed by atoms with E-state index in [1.807, 2.05) is 39.8 Å². The van der Waals surface area contributed by atoms with Gasteiger partial charge in [-0.3, -0.25) is 4.57 Å². The van der Waals surface area contributed by atoms with Crippen molar-refractivity contribution in [1.82, 2.24) is 25.0 Å². The molecule has 0 aliphatic carbocycles. The Labute approximate surface area is 130 Å². The second-order valence-corrected chi connectivity index (χ2v) is 5.65. The molecule has 22 heavy (non-hydrogen) atoms. The van der Waals surface area contributed by atoms with Gasteiger partial charge < -0.3 is 10.2 Å². The Bertz CT molecular complexity index is 624. The van der Waals surface area contributed by atoms with Gasteiger partial charge in [0.05, 0.1) is 6.54 Å². The van der Waals surface area contributed by atoms with Crippen molar-refractivity contribution in [3.05, 3.63) is 42.5 Å². The maximum absolute atomic E-state index is 12.3. The third-order valence-electron chi connectivity index (χ3n) is 4.11. The number of carbonyl (C=O) groups excluding carboxylic acids is 1. The van der Waals surface area contributed by atoms with Gasteiger partial charge in [-0.2, -0.15) is 0 Å². The molecule has 6 nitrogen and oxygen atoms in total. The molecule has 3 rings (SSSR count). The van der Waals surface area contributed by atoms with Gasteiger partial charge in [-0.15, -0.1) is 10.2 Å². The second-order valence-electron chi connectivity index (χ2n) is 5.65. The highest BCUT2D eigenvalue weighted by Gasteiger charge is 2.23. The van der Waals surface area contributed by atoms with Gasteiger partial charge in [-0.25, -0.2) is 4.79 Å². The van der Waals surface area contributed by atoms with Crippen LogP contribution in [0.3, 0.4) is 0 Å². The van der Waals surface area contributed by atoms with Crippen LogP contribution < -0.4 is 5.32 Å². The molecule has 6 heteroatoms. The number of hydrogen-bond acceptors (Lipinski definition) is 3. The Kier molecular flexibility index (Phi) is 4.37. The molecule has 2 aromatic rings. The summed E-state index contributed by atoms with van der Waals surface area (Å²) in [6, 6.07) is 10.2. The molecule has 1 aromatic carbocycles. The average molecular weight is 299 g/mol. The van der Waals surface area contributed by atoms with Crippen LogP contribution in [0.2, 0.25) is 0 Å². The number of carbonyl (C=O) groups is 1. The largest absolute Gasteiger partial charge is 0.331 e. The number of rotatable bonds is 3. The first-order chi connectivity index (χ1) is 10.8. The fourth-order valence-electron chi connectivity index (χ4n) is 2.84. The first kappa shape index (κ1) is 14.6. The number of nitrogens with zero attached hydrogens (tertiary/aromatic N) is 4. The number of hydrogen-bond donors (Lipinski definition) is 1. The van der Waals surface area contributed by atoms with E-state index in [-0.39, 0.29) is 6.03 Å². The highest BCUT2D eigenvalue weighted by molar-refractivity contribution is 5.74. The van der Waals surface area contributed by atoms with Crippen molar-refractivity contribution >= 4 is 6.03 Å². The zero-order chi connectivity index (χ0) is 15.4. The predicted octanol–water partition coefficient (Wildman–Crippen LogP) is 2.35. The smallest absolute Gasteiger partial charge is 0.318 e. The Morgan fingerprint density at radius 3 is 2.91 bits per heavy atom. The molecule has 1 aliphatic rings. The van der Waals surface area contributed by atoms with Crippen LogP contribution in [0.4, 0.5) is 4.79 Å². The summed E-state index contributed by atoms with van der Waals surface area (Å²) in [5.41, 5.74) is 0.989. The Morgan fingerprint density at radius 2 is 2.14 bits per heavy atom. The van der Waals surface area contributed by atoms with Gasteiger partial charge in [0.25, 0.3) is 0 Å². The minimum absolute atomic E-state index is 0.0187. The predicted molar refractivity (Wildman–Crippen MR) is 83.6 cm³/mol. The van der Waals surface area contributed by atoms with Crippen LogP contribution in [0.5, 0.6) is 0 Å². The van der Waals surface area contributed by atoms with Gasteiger partial charge in [0.2, 0.25) is 0 Å². The van der Waals surface area contributed by atoms with E-state index in [1.165, 1.54) is 6.42 Å². The third kappa shape index (κ3) is 3.10. The number of aromatic nitrogens is 3. The molecule has 1 aliphatic heterocycles. The first-order valence-electron chi connectivity index (χ1n) is 7.74. The van der Waals surface area contributed by atoms with E-state index in [0.717, 1.165) is 30.9 Å². The molecule has 1 atom stereocenters. The van der Waals surface area contributed by atoms with Crippen molar-refractivity contribution in [2.75, 3.05) is 6.54 Å². The van der Waals surface area contributed by atoms with Crippen LogP contribution >= 0.6 is 0 Å². The van der Waals surface area contributed by atoms with Crippen LogP contribution in [-0.4, -0.2) is 38.3 Å². The van der Waals surface area contributed by atoms with Crippen molar-refractivity contribution < 1.29 is 4.79 Å². The molecule has 116 valence electrons. The fourth-order valence-corrected chi connectivity index (χ4v) is 2.84. The molecule has 1 N–H and O–H groups in total. The number of piperidine rings is 1. The first-order valence-corrected chi connectivity index (χ1v) is 7.74. The van der Waals surface area contributed by atoms with E-state index in [9.17, 15) is 4.79 Å². The van der Waals surface area contributed by atoms with Crippen molar-refractivity contribution in [3.63, 3.8) is 0 Å². The summed E-state index contributed by atoms with van der Waals surface area (Å²) in [4.78, 5) is 14.2. The molecule has 2 amide bonds. The quantitative estimate of drug-likeness (QED) is 0.946. The van der Waals surface area contributed by atoms with E-state index in [4.69, 9.17) is 0 Å². The molecular formula is C16H21N5O. The molecule has 0 radical (unpaired) electrons. The molecule has 0 spiro atoms. The molecule has 0 unspecified atom stereocenters. The summed E-state index contributed by atoms with van der Waals surface area (Å²) in [5, 5.41) is 11.0. The number of benzene rings is 1. The maximum atomic E-state index is 12.3. The molecule has 1 fully saturated rings. The molecule has 1 aromatic heterocycles. The van der Waals surface area contributed by atoms with Gasteiger partial charge in [-0.05, 0) is 38.3 Å². The van der Waals surface area contributed by atoms with Gasteiger partial charge in [-0.1, -0.05) is 18.2 Å². The highest BCUT2D eigenvalue weighted by atomic mass is 16.2. The fraction of sp³-hybridized carbons (Fsp3) is 0.438. The summed E-state index contributed by atoms with van der Waals surface area (Å²) in [6.45, 7) is 3.31. The lowest BCUT2D eigenvalue weighted by molar-refractivity contribution is 0.157. The summed E-state index contributed by atoms with van der Waals surface area (Å²) in [7, 11) is 0. The van der Waals surface area contributed by atoms with Crippen molar-refractivity contribution in [2.24, 2.45) is 0 Å². The molecule has 2 heterocycles. The number of nitrogens with one attached hydrogen (secondary N) is 1. The van der Waals surface area contributed by atoms with Gasteiger partial charge >= 0.3 is 6.03 Å². The molecule has 1 saturated heterocycles. The van der Waals surface area contributed by atoms with Crippen LogP contribution in [0, 0.1) is 0 Å². The minimum Gasteiger partial charge on any atom is -0.331 e. The van der Waals surface area contributed by atoms with Crippen LogP contribution in [-0.2, 0) is 6.54 Å². The summed E-state index contributed by atoms with van der Waals surface area (Å²) >= 11 is 0. The maximum Gasteiger partial charge on any atom is 0.318 e. The molecule has 0 bridgehead atoms. The third-order valence-corrected chi connectivity index (χ3v) is 4.11. The highest BCUT2D eigenvalue weighted by Crippen LogP contribution is 2.16. The number of amides is 2. The lowest BCUT2D eigenvalue weighted by Gasteiger charge is -2.33. The summed E-state index contributed by atoms with van der Waals surface area (Å²) < 4.78 is 1.89. The molecule has 0 saturated carbocycles. The van der Waals surface area contributed by atoms with Gasteiger partial charge in [0.15, 0.2) is 5.82 Å². The van der Waals surface area contributed by atoms with Crippen LogP contribution in [0.1, 0.15) is 32.0 Å². The van der Waals surface area contributed by atoms with Crippen molar-refractivity contribution in [1.29, 1.82) is 0 Å². The van der Waals surface area contributed by atoms with Gasteiger partial charge in [0.1, 0.15) is 6.33 Å². The Balaban J connectivity index is 1.65. The van der Waals surface area contributed by atoms with Crippen LogP contribution in [0.25, 0.3) is 5.69 Å². The standard InChI is InChI=1S/C16H21N5O/c1-13-7-5-6-10-20(13)16(22)17-11-15-19-18-12-21(15)14-8-3-2-4-9-14/h2-4,8-9,12-13H,5-7,10-11H2,1H3,(H,17,22)/t13-/m1/s1. The lowest BCUT2D eigenvalue weighted by Crippen LogP contribution is -2.47. The van der Waals surface area contributed by atoms with Crippen molar-refractivity contribution in [2.45, 2.75) is 38.8 Å². The second kappa shape index (κ2) is 6.60. The molecular weight excluding hydrogens is 278 g/mol. The van der Waals surface area contributed by atoms with Crippen LogP contribution in [0.15, 0.2) is 36.7 Å². The summed E-state index contributed by atoms with van der Waals surface area (Å²) in [5.74, 6) is 0.726. The monoisotopic (exact) mass is 299 g/mol. The zero-order valence-electron chi connectivity index (χ0n) is 12.8. The minimum atomic E-state index is -0.0187. The van der Waals surface area contributed by atoms with E-state index < -0.39 is 0 Å². The van der Waals surface area contributed by atoms with E-state index in [2.05, 4.69) is 22.4 Å². The topological polar surface area (TPSA) is 63.1 Å². The number of likely N-dealkylation sites (tertiary alicyclic amines) is 1.